The molecule has 1 aromatic rings. The molecule has 0 spiro atoms. The zero-order valence-electron chi connectivity index (χ0n) is 10.8. The molecule has 0 unspecified atom stereocenters. The molecule has 0 amide bonds. The Hall–Kier alpha value is -0.620. The molecular weight excluding hydrogens is 345 g/mol. The summed E-state index contributed by atoms with van der Waals surface area (Å²) >= 11 is 23.0. The molecule has 0 bridgehead atoms. The molecule has 110 valence electrons. The molecule has 8 heteroatoms. The molecule has 1 heterocycles. The van der Waals surface area contributed by atoms with E-state index in [-0.39, 0.29) is 39.0 Å². The number of carbonyl (C=O) groups is 1. The SMILES string of the molecule is CCOC(=O)c1c(Cl)nc(Cl)c(Cl)c1CC(=S)OCC. The number of esters is 1. The number of nitrogens with zero attached hydrogens (tertiary/aromatic N) is 1. The second-order valence-electron chi connectivity index (χ2n) is 3.56. The summed E-state index contributed by atoms with van der Waals surface area (Å²) < 4.78 is 10.1. The van der Waals surface area contributed by atoms with Crippen LogP contribution in [0.5, 0.6) is 0 Å². The minimum atomic E-state index is -0.627. The highest BCUT2D eigenvalue weighted by molar-refractivity contribution is 7.80. The number of hydrogen-bond acceptors (Lipinski definition) is 5. The average molecular weight is 357 g/mol. The first kappa shape index (κ1) is 17.4. The van der Waals surface area contributed by atoms with Gasteiger partial charge in [-0.15, -0.1) is 0 Å². The first-order chi connectivity index (χ1) is 9.42. The second kappa shape index (κ2) is 7.98. The van der Waals surface area contributed by atoms with Gasteiger partial charge in [-0.05, 0) is 31.6 Å². The van der Waals surface area contributed by atoms with Crippen molar-refractivity contribution in [3.8, 4) is 0 Å². The Balaban J connectivity index is 3.30. The molecule has 0 aliphatic rings. The van der Waals surface area contributed by atoms with Gasteiger partial charge in [0.25, 0.3) is 0 Å². The van der Waals surface area contributed by atoms with E-state index in [1.807, 2.05) is 0 Å². The van der Waals surface area contributed by atoms with Crippen molar-refractivity contribution < 1.29 is 14.3 Å². The smallest absolute Gasteiger partial charge is 0.341 e. The first-order valence-corrected chi connectivity index (χ1v) is 7.32. The molecule has 4 nitrogen and oxygen atoms in total. The van der Waals surface area contributed by atoms with E-state index in [4.69, 9.17) is 56.5 Å². The number of thiocarbonyl (C=S) groups is 1. The molecule has 0 aromatic carbocycles. The van der Waals surface area contributed by atoms with E-state index in [0.29, 0.717) is 12.2 Å². The monoisotopic (exact) mass is 355 g/mol. The highest BCUT2D eigenvalue weighted by Crippen LogP contribution is 2.32. The lowest BCUT2D eigenvalue weighted by atomic mass is 10.1. The summed E-state index contributed by atoms with van der Waals surface area (Å²) in [6, 6.07) is 0. The van der Waals surface area contributed by atoms with Crippen molar-refractivity contribution in [2.75, 3.05) is 13.2 Å². The van der Waals surface area contributed by atoms with Crippen molar-refractivity contribution >= 4 is 58.0 Å². The third kappa shape index (κ3) is 4.19. The van der Waals surface area contributed by atoms with Crippen molar-refractivity contribution in [2.45, 2.75) is 20.3 Å². The quantitative estimate of drug-likeness (QED) is 0.451. The highest BCUT2D eigenvalue weighted by atomic mass is 35.5. The Morgan fingerprint density at radius 3 is 2.30 bits per heavy atom. The van der Waals surface area contributed by atoms with Crippen molar-refractivity contribution in [1.29, 1.82) is 0 Å². The van der Waals surface area contributed by atoms with E-state index >= 15 is 0 Å². The van der Waals surface area contributed by atoms with Gasteiger partial charge in [0.15, 0.2) is 5.05 Å². The standard InChI is InChI=1S/C12H12Cl3NO3S/c1-3-18-7(20)5-6-8(12(17)19-4-2)10(14)16-11(15)9(6)13/h3-5H2,1-2H3. The van der Waals surface area contributed by atoms with Gasteiger partial charge in [-0.1, -0.05) is 34.8 Å². The molecule has 1 aromatic heterocycles. The van der Waals surface area contributed by atoms with Crippen LogP contribution in [0.4, 0.5) is 0 Å². The lowest BCUT2D eigenvalue weighted by molar-refractivity contribution is 0.0525. The van der Waals surface area contributed by atoms with Crippen molar-refractivity contribution in [3.63, 3.8) is 0 Å². The fourth-order valence-corrected chi connectivity index (χ4v) is 2.47. The van der Waals surface area contributed by atoms with Gasteiger partial charge >= 0.3 is 5.97 Å². The Kier molecular flexibility index (Phi) is 6.95. The number of pyridine rings is 1. The zero-order valence-corrected chi connectivity index (χ0v) is 13.9. The predicted molar refractivity (Wildman–Crippen MR) is 83.2 cm³/mol. The first-order valence-electron chi connectivity index (χ1n) is 5.78. The Morgan fingerprint density at radius 1 is 1.15 bits per heavy atom. The lowest BCUT2D eigenvalue weighted by Crippen LogP contribution is -2.14. The number of hydrogen-bond donors (Lipinski definition) is 0. The largest absolute Gasteiger partial charge is 0.487 e. The van der Waals surface area contributed by atoms with Gasteiger partial charge in [-0.25, -0.2) is 9.78 Å². The van der Waals surface area contributed by atoms with Crippen LogP contribution in [0, 0.1) is 0 Å². The highest BCUT2D eigenvalue weighted by Gasteiger charge is 2.24. The van der Waals surface area contributed by atoms with Crippen LogP contribution >= 0.6 is 47.0 Å². The number of carbonyl (C=O) groups excluding carboxylic acids is 1. The summed E-state index contributed by atoms with van der Waals surface area (Å²) in [5.41, 5.74) is 0.415. The van der Waals surface area contributed by atoms with Crippen LogP contribution in [0.15, 0.2) is 0 Å². The third-order valence-corrected chi connectivity index (χ3v) is 3.57. The van der Waals surface area contributed by atoms with Crippen molar-refractivity contribution in [1.82, 2.24) is 4.98 Å². The fourth-order valence-electron chi connectivity index (χ4n) is 1.48. The van der Waals surface area contributed by atoms with Gasteiger partial charge in [0.2, 0.25) is 0 Å². The fraction of sp³-hybridized carbons (Fsp3) is 0.417. The summed E-state index contributed by atoms with van der Waals surface area (Å²) in [5.74, 6) is -0.627. The van der Waals surface area contributed by atoms with Crippen LogP contribution in [-0.2, 0) is 15.9 Å². The molecule has 20 heavy (non-hydrogen) atoms. The van der Waals surface area contributed by atoms with E-state index in [1.54, 1.807) is 13.8 Å². The zero-order chi connectivity index (χ0) is 15.3. The Bertz CT molecular complexity index is 537. The molecular formula is C12H12Cl3NO3S. The Labute approximate surface area is 137 Å². The molecule has 0 saturated carbocycles. The molecule has 0 saturated heterocycles. The summed E-state index contributed by atoms with van der Waals surface area (Å²) in [7, 11) is 0. The van der Waals surface area contributed by atoms with Crippen LogP contribution in [-0.4, -0.2) is 29.2 Å². The van der Waals surface area contributed by atoms with Crippen LogP contribution < -0.4 is 0 Å². The number of aromatic nitrogens is 1. The second-order valence-corrected chi connectivity index (χ2v) is 5.11. The van der Waals surface area contributed by atoms with Crippen LogP contribution in [0.3, 0.4) is 0 Å². The molecule has 0 aliphatic heterocycles. The van der Waals surface area contributed by atoms with Gasteiger partial charge in [0, 0.05) is 6.42 Å². The van der Waals surface area contributed by atoms with Crippen molar-refractivity contribution in [2.24, 2.45) is 0 Å². The van der Waals surface area contributed by atoms with Crippen molar-refractivity contribution in [3.05, 3.63) is 26.5 Å². The molecule has 0 aliphatic carbocycles. The number of halogens is 3. The average Bonchev–Trinajstić information content (AvgIpc) is 2.36. The molecule has 0 fully saturated rings. The van der Waals surface area contributed by atoms with Gasteiger partial charge in [0.1, 0.15) is 15.9 Å². The summed E-state index contributed by atoms with van der Waals surface area (Å²) in [6.07, 6.45) is 0.123. The summed E-state index contributed by atoms with van der Waals surface area (Å²) in [4.78, 5) is 15.8. The van der Waals surface area contributed by atoms with Crippen LogP contribution in [0.2, 0.25) is 15.3 Å². The van der Waals surface area contributed by atoms with E-state index in [0.717, 1.165) is 0 Å². The molecule has 1 rings (SSSR count). The lowest BCUT2D eigenvalue weighted by Gasteiger charge is -2.13. The molecule has 0 atom stereocenters. The van der Waals surface area contributed by atoms with E-state index in [2.05, 4.69) is 4.98 Å². The van der Waals surface area contributed by atoms with E-state index in [9.17, 15) is 4.79 Å². The van der Waals surface area contributed by atoms with E-state index < -0.39 is 5.97 Å². The number of rotatable bonds is 5. The summed E-state index contributed by atoms with van der Waals surface area (Å²) in [5, 5.41) is 0.311. The summed E-state index contributed by atoms with van der Waals surface area (Å²) in [6.45, 7) is 4.09. The maximum absolute atomic E-state index is 12.0. The maximum atomic E-state index is 12.0. The Morgan fingerprint density at radius 2 is 1.75 bits per heavy atom. The van der Waals surface area contributed by atoms with Gasteiger partial charge in [0.05, 0.1) is 18.2 Å². The minimum absolute atomic E-state index is 0.000913. The molecule has 0 N–H and O–H groups in total. The van der Waals surface area contributed by atoms with Crippen LogP contribution in [0.1, 0.15) is 29.8 Å². The molecule has 0 radical (unpaired) electrons. The minimum Gasteiger partial charge on any atom is -0.487 e. The normalized spacial score (nSPS) is 10.2. The third-order valence-electron chi connectivity index (χ3n) is 2.26. The predicted octanol–water partition coefficient (Wildman–Crippen LogP) is 4.12. The van der Waals surface area contributed by atoms with Gasteiger partial charge in [-0.2, -0.15) is 0 Å². The van der Waals surface area contributed by atoms with Gasteiger partial charge < -0.3 is 9.47 Å². The van der Waals surface area contributed by atoms with Crippen LogP contribution in [0.25, 0.3) is 0 Å². The van der Waals surface area contributed by atoms with Gasteiger partial charge in [-0.3, -0.25) is 0 Å². The maximum Gasteiger partial charge on any atom is 0.341 e. The topological polar surface area (TPSA) is 48.4 Å². The number of ether oxygens (including phenoxy) is 2. The van der Waals surface area contributed by atoms with E-state index in [1.165, 1.54) is 0 Å².